The molecule has 1 aromatic rings. The van der Waals surface area contributed by atoms with Gasteiger partial charge >= 0.3 is 0 Å². The molecule has 1 aliphatic rings. The Morgan fingerprint density at radius 3 is 2.37 bits per heavy atom. The van der Waals surface area contributed by atoms with Crippen LogP contribution in [0.3, 0.4) is 0 Å². The van der Waals surface area contributed by atoms with Crippen LogP contribution in [0.25, 0.3) is 0 Å². The molecule has 0 saturated heterocycles. The van der Waals surface area contributed by atoms with Gasteiger partial charge in [0.15, 0.2) is 0 Å². The van der Waals surface area contributed by atoms with Crippen molar-refractivity contribution in [2.45, 2.75) is 70.9 Å². The predicted octanol–water partition coefficient (Wildman–Crippen LogP) is 4.51. The van der Waals surface area contributed by atoms with Gasteiger partial charge in [0.05, 0.1) is 23.0 Å². The lowest BCUT2D eigenvalue weighted by molar-refractivity contribution is 0.0818. The molecule has 0 aromatic carbocycles. The molecular formula is C15H25ClN2O. The predicted molar refractivity (Wildman–Crippen MR) is 78.4 cm³/mol. The van der Waals surface area contributed by atoms with Gasteiger partial charge in [-0.15, -0.1) is 0 Å². The van der Waals surface area contributed by atoms with Crippen molar-refractivity contribution in [1.29, 1.82) is 0 Å². The SMILES string of the molecule is CC(C)n1ncc(Cl)c1C(O)C1CCCCCCC1. The Morgan fingerprint density at radius 2 is 1.79 bits per heavy atom. The summed E-state index contributed by atoms with van der Waals surface area (Å²) in [5.41, 5.74) is 0.808. The normalized spacial score (nSPS) is 20.3. The molecule has 2 rings (SSSR count). The average molecular weight is 285 g/mol. The average Bonchev–Trinajstić information content (AvgIpc) is 2.70. The van der Waals surface area contributed by atoms with E-state index in [0.29, 0.717) is 10.9 Å². The summed E-state index contributed by atoms with van der Waals surface area (Å²) >= 11 is 6.23. The topological polar surface area (TPSA) is 38.0 Å². The lowest BCUT2D eigenvalue weighted by atomic mass is 9.86. The fourth-order valence-corrected chi connectivity index (χ4v) is 3.31. The maximum absolute atomic E-state index is 10.7. The monoisotopic (exact) mass is 284 g/mol. The summed E-state index contributed by atoms with van der Waals surface area (Å²) in [5, 5.41) is 15.6. The number of halogens is 1. The molecule has 108 valence electrons. The third-order valence-electron chi connectivity index (χ3n) is 4.15. The highest BCUT2D eigenvalue weighted by molar-refractivity contribution is 6.31. The zero-order chi connectivity index (χ0) is 13.8. The van der Waals surface area contributed by atoms with E-state index >= 15 is 0 Å². The lowest BCUT2D eigenvalue weighted by Gasteiger charge is -2.26. The summed E-state index contributed by atoms with van der Waals surface area (Å²) in [6.07, 6.45) is 9.74. The van der Waals surface area contributed by atoms with E-state index in [1.807, 2.05) is 4.68 Å². The van der Waals surface area contributed by atoms with Crippen LogP contribution in [0.5, 0.6) is 0 Å². The number of aliphatic hydroxyl groups excluding tert-OH is 1. The quantitative estimate of drug-likeness (QED) is 0.887. The van der Waals surface area contributed by atoms with Crippen LogP contribution >= 0.6 is 11.6 Å². The summed E-state index contributed by atoms with van der Waals surface area (Å²) in [5.74, 6) is 0.326. The fourth-order valence-electron chi connectivity index (χ4n) is 3.07. The second kappa shape index (κ2) is 6.76. The molecule has 0 radical (unpaired) electrons. The Kier molecular flexibility index (Phi) is 5.28. The highest BCUT2D eigenvalue weighted by Crippen LogP contribution is 2.36. The first-order chi connectivity index (χ1) is 9.11. The van der Waals surface area contributed by atoms with E-state index in [1.54, 1.807) is 6.20 Å². The second-order valence-electron chi connectivity index (χ2n) is 5.97. The zero-order valence-electron chi connectivity index (χ0n) is 12.0. The molecular weight excluding hydrogens is 260 g/mol. The standard InChI is InChI=1S/C15H25ClN2O/c1-11(2)18-14(13(16)10-17-18)15(19)12-8-6-4-3-5-7-9-12/h10-12,15,19H,3-9H2,1-2H3. The van der Waals surface area contributed by atoms with Crippen LogP contribution in [-0.2, 0) is 0 Å². The van der Waals surface area contributed by atoms with E-state index in [4.69, 9.17) is 11.6 Å². The zero-order valence-corrected chi connectivity index (χ0v) is 12.7. The van der Waals surface area contributed by atoms with Crippen molar-refractivity contribution in [1.82, 2.24) is 9.78 Å². The van der Waals surface area contributed by atoms with Crippen LogP contribution in [0.15, 0.2) is 6.20 Å². The lowest BCUT2D eigenvalue weighted by Crippen LogP contribution is -2.19. The van der Waals surface area contributed by atoms with Crippen molar-refractivity contribution >= 4 is 11.6 Å². The van der Waals surface area contributed by atoms with Gasteiger partial charge in [-0.1, -0.05) is 43.7 Å². The van der Waals surface area contributed by atoms with Gasteiger partial charge in [-0.25, -0.2) is 0 Å². The van der Waals surface area contributed by atoms with E-state index in [0.717, 1.165) is 18.5 Å². The minimum absolute atomic E-state index is 0.228. The molecule has 0 spiro atoms. The first-order valence-corrected chi connectivity index (χ1v) is 7.90. The van der Waals surface area contributed by atoms with Gasteiger partial charge in [0.25, 0.3) is 0 Å². The molecule has 1 aliphatic carbocycles. The summed E-state index contributed by atoms with van der Waals surface area (Å²) in [6.45, 7) is 4.13. The van der Waals surface area contributed by atoms with Gasteiger partial charge in [-0.05, 0) is 32.6 Å². The van der Waals surface area contributed by atoms with Crippen LogP contribution in [0, 0.1) is 5.92 Å². The van der Waals surface area contributed by atoms with Crippen LogP contribution < -0.4 is 0 Å². The molecule has 1 saturated carbocycles. The molecule has 0 bridgehead atoms. The van der Waals surface area contributed by atoms with Crippen molar-refractivity contribution in [3.63, 3.8) is 0 Å². The minimum atomic E-state index is -0.476. The van der Waals surface area contributed by atoms with Crippen LogP contribution in [-0.4, -0.2) is 14.9 Å². The number of aliphatic hydroxyl groups is 1. The molecule has 0 aliphatic heterocycles. The van der Waals surface area contributed by atoms with Crippen LogP contribution in [0.1, 0.15) is 76.6 Å². The van der Waals surface area contributed by atoms with Crippen molar-refractivity contribution in [3.8, 4) is 0 Å². The van der Waals surface area contributed by atoms with Crippen LogP contribution in [0.4, 0.5) is 0 Å². The smallest absolute Gasteiger partial charge is 0.0999 e. The van der Waals surface area contributed by atoms with Gasteiger partial charge in [-0.3, -0.25) is 4.68 Å². The van der Waals surface area contributed by atoms with Crippen LogP contribution in [0.2, 0.25) is 5.02 Å². The molecule has 1 heterocycles. The molecule has 1 unspecified atom stereocenters. The minimum Gasteiger partial charge on any atom is -0.386 e. The van der Waals surface area contributed by atoms with Gasteiger partial charge in [0.2, 0.25) is 0 Å². The third kappa shape index (κ3) is 3.51. The van der Waals surface area contributed by atoms with Gasteiger partial charge in [0.1, 0.15) is 0 Å². The Morgan fingerprint density at radius 1 is 1.21 bits per heavy atom. The summed E-state index contributed by atoms with van der Waals surface area (Å²) in [4.78, 5) is 0. The molecule has 1 atom stereocenters. The van der Waals surface area contributed by atoms with E-state index in [1.165, 1.54) is 32.1 Å². The van der Waals surface area contributed by atoms with E-state index in [-0.39, 0.29) is 6.04 Å². The van der Waals surface area contributed by atoms with E-state index in [2.05, 4.69) is 18.9 Å². The van der Waals surface area contributed by atoms with Gasteiger partial charge < -0.3 is 5.11 Å². The first kappa shape index (κ1) is 14.9. The Balaban J connectivity index is 2.17. The molecule has 19 heavy (non-hydrogen) atoms. The first-order valence-electron chi connectivity index (χ1n) is 7.52. The molecule has 1 N–H and O–H groups in total. The Labute approximate surface area is 121 Å². The van der Waals surface area contributed by atoms with Crippen molar-refractivity contribution in [3.05, 3.63) is 16.9 Å². The molecule has 0 amide bonds. The molecule has 1 fully saturated rings. The number of hydrogen-bond acceptors (Lipinski definition) is 2. The number of hydrogen-bond donors (Lipinski definition) is 1. The largest absolute Gasteiger partial charge is 0.386 e. The number of aromatic nitrogens is 2. The maximum atomic E-state index is 10.7. The Hall–Kier alpha value is -0.540. The third-order valence-corrected chi connectivity index (χ3v) is 4.44. The van der Waals surface area contributed by atoms with Crippen molar-refractivity contribution < 1.29 is 5.11 Å². The molecule has 4 heteroatoms. The second-order valence-corrected chi connectivity index (χ2v) is 6.37. The fraction of sp³-hybridized carbons (Fsp3) is 0.800. The van der Waals surface area contributed by atoms with Crippen molar-refractivity contribution in [2.24, 2.45) is 5.92 Å². The highest BCUT2D eigenvalue weighted by atomic mass is 35.5. The molecule has 1 aromatic heterocycles. The highest BCUT2D eigenvalue weighted by Gasteiger charge is 2.27. The number of nitrogens with zero attached hydrogens (tertiary/aromatic N) is 2. The van der Waals surface area contributed by atoms with Gasteiger partial charge in [0, 0.05) is 6.04 Å². The summed E-state index contributed by atoms with van der Waals surface area (Å²) < 4.78 is 1.87. The molecule has 3 nitrogen and oxygen atoms in total. The Bertz CT molecular complexity index is 395. The van der Waals surface area contributed by atoms with E-state index in [9.17, 15) is 5.11 Å². The van der Waals surface area contributed by atoms with E-state index < -0.39 is 6.10 Å². The summed E-state index contributed by atoms with van der Waals surface area (Å²) in [7, 11) is 0. The number of rotatable bonds is 3. The van der Waals surface area contributed by atoms with Gasteiger partial charge in [-0.2, -0.15) is 5.10 Å². The maximum Gasteiger partial charge on any atom is 0.0999 e. The van der Waals surface area contributed by atoms with Crippen molar-refractivity contribution in [2.75, 3.05) is 0 Å². The summed E-state index contributed by atoms with van der Waals surface area (Å²) in [6, 6.07) is 0.228.